The highest BCUT2D eigenvalue weighted by Crippen LogP contribution is 2.29. The van der Waals surface area contributed by atoms with Gasteiger partial charge in [0.05, 0.1) is 11.1 Å². The smallest absolute Gasteiger partial charge is 0.419 e. The molecule has 0 saturated heterocycles. The van der Waals surface area contributed by atoms with Crippen molar-refractivity contribution in [2.24, 2.45) is 0 Å². The number of alkyl halides is 3. The lowest BCUT2D eigenvalue weighted by atomic mass is 10.1. The van der Waals surface area contributed by atoms with Gasteiger partial charge in [-0.2, -0.15) is 13.2 Å². The molecule has 0 aliphatic rings. The average Bonchev–Trinajstić information content (AvgIpc) is 2.37. The van der Waals surface area contributed by atoms with E-state index in [0.29, 0.717) is 18.1 Å². The van der Waals surface area contributed by atoms with Gasteiger partial charge in [0.1, 0.15) is 0 Å². The monoisotopic (exact) mass is 283 g/mol. The lowest BCUT2D eigenvalue weighted by molar-refractivity contribution is -0.138. The van der Waals surface area contributed by atoms with Crippen LogP contribution in [0.3, 0.4) is 0 Å². The molecule has 0 bridgehead atoms. The van der Waals surface area contributed by atoms with Crippen LogP contribution in [0.25, 0.3) is 11.4 Å². The largest absolute Gasteiger partial charge is 0.476 e. The molecule has 2 rings (SSSR count). The van der Waals surface area contributed by atoms with Crippen LogP contribution in [-0.2, 0) is 6.18 Å². The standard InChI is InChI=1S/C12H8F3N3O2/c1-6-2-3-8(9(18-6)11(19)20)10-16-4-7(5-17-10)12(13,14)15/h2-5H,1H3,(H,19,20). The Hall–Kier alpha value is -2.51. The summed E-state index contributed by atoms with van der Waals surface area (Å²) in [5.41, 5.74) is -0.766. The number of nitrogens with zero attached hydrogens (tertiary/aromatic N) is 3. The first-order valence-corrected chi connectivity index (χ1v) is 5.39. The molecule has 8 heteroatoms. The first-order chi connectivity index (χ1) is 9.29. The van der Waals surface area contributed by atoms with E-state index in [0.717, 1.165) is 0 Å². The SMILES string of the molecule is Cc1ccc(-c2ncc(C(F)(F)F)cn2)c(C(=O)O)n1. The maximum Gasteiger partial charge on any atom is 0.419 e. The highest BCUT2D eigenvalue weighted by atomic mass is 19.4. The second-order valence-electron chi connectivity index (χ2n) is 3.95. The fourth-order valence-corrected chi connectivity index (χ4v) is 1.51. The summed E-state index contributed by atoms with van der Waals surface area (Å²) in [5, 5.41) is 9.04. The predicted octanol–water partition coefficient (Wildman–Crippen LogP) is 2.56. The summed E-state index contributed by atoms with van der Waals surface area (Å²) in [4.78, 5) is 22.0. The van der Waals surface area contributed by atoms with Crippen molar-refractivity contribution in [1.29, 1.82) is 0 Å². The van der Waals surface area contributed by atoms with Crippen molar-refractivity contribution < 1.29 is 23.1 Å². The van der Waals surface area contributed by atoms with E-state index in [1.165, 1.54) is 12.1 Å². The Morgan fingerprint density at radius 1 is 1.20 bits per heavy atom. The Labute approximate surface area is 111 Å². The Kier molecular flexibility index (Phi) is 3.39. The molecule has 2 aromatic heterocycles. The zero-order valence-electron chi connectivity index (χ0n) is 10.1. The molecule has 5 nitrogen and oxygen atoms in total. The van der Waals surface area contributed by atoms with Gasteiger partial charge >= 0.3 is 12.1 Å². The Morgan fingerprint density at radius 2 is 1.80 bits per heavy atom. The van der Waals surface area contributed by atoms with Crippen LogP contribution in [0.2, 0.25) is 0 Å². The Balaban J connectivity index is 2.50. The number of carboxylic acid groups (broad SMARTS) is 1. The topological polar surface area (TPSA) is 76.0 Å². The first kappa shape index (κ1) is 13.9. The summed E-state index contributed by atoms with van der Waals surface area (Å²) in [5.74, 6) is -1.42. The van der Waals surface area contributed by atoms with Gasteiger partial charge in [-0.15, -0.1) is 0 Å². The van der Waals surface area contributed by atoms with Crippen molar-refractivity contribution in [3.63, 3.8) is 0 Å². The number of carboxylic acids is 1. The maximum atomic E-state index is 12.4. The van der Waals surface area contributed by atoms with E-state index < -0.39 is 17.7 Å². The van der Waals surface area contributed by atoms with Gasteiger partial charge in [-0.1, -0.05) is 0 Å². The lowest BCUT2D eigenvalue weighted by Gasteiger charge is -2.08. The van der Waals surface area contributed by atoms with E-state index in [9.17, 15) is 18.0 Å². The number of aromatic carboxylic acids is 1. The van der Waals surface area contributed by atoms with Crippen LogP contribution < -0.4 is 0 Å². The third kappa shape index (κ3) is 2.73. The number of carbonyl (C=O) groups is 1. The lowest BCUT2D eigenvalue weighted by Crippen LogP contribution is -2.09. The number of pyridine rings is 1. The minimum Gasteiger partial charge on any atom is -0.476 e. The average molecular weight is 283 g/mol. The zero-order chi connectivity index (χ0) is 14.9. The second-order valence-corrected chi connectivity index (χ2v) is 3.95. The minimum atomic E-state index is -4.54. The predicted molar refractivity (Wildman–Crippen MR) is 62.0 cm³/mol. The third-order valence-corrected chi connectivity index (χ3v) is 2.46. The van der Waals surface area contributed by atoms with Gasteiger partial charge < -0.3 is 5.11 Å². The van der Waals surface area contributed by atoms with Crippen molar-refractivity contribution >= 4 is 5.97 Å². The molecule has 0 aliphatic heterocycles. The Morgan fingerprint density at radius 3 is 2.30 bits per heavy atom. The molecule has 2 aromatic rings. The van der Waals surface area contributed by atoms with E-state index in [1.54, 1.807) is 6.92 Å². The van der Waals surface area contributed by atoms with Crippen LogP contribution in [0, 0.1) is 6.92 Å². The third-order valence-electron chi connectivity index (χ3n) is 2.46. The highest BCUT2D eigenvalue weighted by molar-refractivity contribution is 5.92. The molecular formula is C12H8F3N3O2. The summed E-state index contributed by atoms with van der Waals surface area (Å²) < 4.78 is 37.2. The van der Waals surface area contributed by atoms with Crippen LogP contribution in [0.4, 0.5) is 13.2 Å². The number of hydrogen-bond acceptors (Lipinski definition) is 4. The summed E-state index contributed by atoms with van der Waals surface area (Å²) in [6, 6.07) is 2.94. The first-order valence-electron chi connectivity index (χ1n) is 5.39. The number of hydrogen-bond donors (Lipinski definition) is 1. The fraction of sp³-hybridized carbons (Fsp3) is 0.167. The molecule has 0 aliphatic carbocycles. The summed E-state index contributed by atoms with van der Waals surface area (Å²) in [6.45, 7) is 1.60. The summed E-state index contributed by atoms with van der Waals surface area (Å²) >= 11 is 0. The van der Waals surface area contributed by atoms with E-state index in [-0.39, 0.29) is 17.1 Å². The quantitative estimate of drug-likeness (QED) is 0.916. The molecule has 104 valence electrons. The van der Waals surface area contributed by atoms with Crippen molar-refractivity contribution in [3.05, 3.63) is 41.5 Å². The van der Waals surface area contributed by atoms with Crippen molar-refractivity contribution in [2.45, 2.75) is 13.1 Å². The molecule has 0 fully saturated rings. The Bertz CT molecular complexity index is 654. The van der Waals surface area contributed by atoms with Gasteiger partial charge in [-0.25, -0.2) is 19.7 Å². The van der Waals surface area contributed by atoms with E-state index >= 15 is 0 Å². The summed E-state index contributed by atoms with van der Waals surface area (Å²) in [6.07, 6.45) is -3.33. The van der Waals surface area contributed by atoms with E-state index in [1.807, 2.05) is 0 Å². The van der Waals surface area contributed by atoms with Crippen LogP contribution in [0.15, 0.2) is 24.5 Å². The van der Waals surface area contributed by atoms with Crippen molar-refractivity contribution in [3.8, 4) is 11.4 Å². The van der Waals surface area contributed by atoms with Crippen LogP contribution in [-0.4, -0.2) is 26.0 Å². The minimum absolute atomic E-state index is 0.0665. The number of rotatable bonds is 2. The van der Waals surface area contributed by atoms with Crippen molar-refractivity contribution in [1.82, 2.24) is 15.0 Å². The molecule has 0 radical (unpaired) electrons. The number of aromatic nitrogens is 3. The molecule has 20 heavy (non-hydrogen) atoms. The van der Waals surface area contributed by atoms with Crippen LogP contribution >= 0.6 is 0 Å². The van der Waals surface area contributed by atoms with Gasteiger partial charge in [0.2, 0.25) is 0 Å². The molecule has 0 amide bonds. The number of aryl methyl sites for hydroxylation is 1. The molecule has 0 saturated carbocycles. The maximum absolute atomic E-state index is 12.4. The highest BCUT2D eigenvalue weighted by Gasteiger charge is 2.31. The normalized spacial score (nSPS) is 11.4. The second kappa shape index (κ2) is 4.87. The molecule has 2 heterocycles. The zero-order valence-corrected chi connectivity index (χ0v) is 10.1. The van der Waals surface area contributed by atoms with Gasteiger partial charge in [0.15, 0.2) is 11.5 Å². The molecule has 0 unspecified atom stereocenters. The van der Waals surface area contributed by atoms with Gasteiger partial charge in [-0.05, 0) is 19.1 Å². The van der Waals surface area contributed by atoms with E-state index in [2.05, 4.69) is 15.0 Å². The molecule has 1 N–H and O–H groups in total. The molecule has 0 spiro atoms. The van der Waals surface area contributed by atoms with Crippen molar-refractivity contribution in [2.75, 3.05) is 0 Å². The van der Waals surface area contributed by atoms with Crippen LogP contribution in [0.5, 0.6) is 0 Å². The van der Waals surface area contributed by atoms with Crippen LogP contribution in [0.1, 0.15) is 21.7 Å². The van der Waals surface area contributed by atoms with Gasteiger partial charge in [0, 0.05) is 18.1 Å². The van der Waals surface area contributed by atoms with Gasteiger partial charge in [-0.3, -0.25) is 0 Å². The molecule has 0 atom stereocenters. The van der Waals surface area contributed by atoms with Gasteiger partial charge in [0.25, 0.3) is 0 Å². The van der Waals surface area contributed by atoms with E-state index in [4.69, 9.17) is 5.11 Å². The molecular weight excluding hydrogens is 275 g/mol. The molecule has 0 aromatic carbocycles. The fourth-order valence-electron chi connectivity index (χ4n) is 1.51. The number of halogens is 3. The summed E-state index contributed by atoms with van der Waals surface area (Å²) in [7, 11) is 0.